The monoisotopic (exact) mass is 503 g/mol. The molecule has 4 aromatic rings. The van der Waals surface area contributed by atoms with Crippen molar-refractivity contribution in [2.24, 2.45) is 5.73 Å². The maximum absolute atomic E-state index is 13.1. The molecule has 0 radical (unpaired) electrons. The molecule has 0 saturated carbocycles. The third-order valence-corrected chi connectivity index (χ3v) is 5.91. The van der Waals surface area contributed by atoms with Crippen molar-refractivity contribution in [3.63, 3.8) is 0 Å². The van der Waals surface area contributed by atoms with Gasteiger partial charge in [-0.1, -0.05) is 66.2 Å². The van der Waals surface area contributed by atoms with E-state index in [1.807, 2.05) is 42.5 Å². The first-order valence-electron chi connectivity index (χ1n) is 11.3. The quantitative estimate of drug-likeness (QED) is 0.267. The van der Waals surface area contributed by atoms with Crippen LogP contribution in [-0.2, 0) is 17.7 Å². The van der Waals surface area contributed by atoms with Crippen LogP contribution in [0.15, 0.2) is 78.9 Å². The number of imidazole rings is 1. The Bertz CT molecular complexity index is 1320. The first-order chi connectivity index (χ1) is 17.5. The number of halogens is 1. The maximum Gasteiger partial charge on any atom is 0.411 e. The third-order valence-electron chi connectivity index (χ3n) is 5.64. The van der Waals surface area contributed by atoms with E-state index in [4.69, 9.17) is 22.3 Å². The Balaban J connectivity index is 1.60. The van der Waals surface area contributed by atoms with Crippen LogP contribution in [0.25, 0.3) is 11.3 Å². The zero-order chi connectivity index (χ0) is 25.5. The number of hydrogen-bond donors (Lipinski definition) is 4. The standard InChI is InChI=1S/C27H26ClN5O3/c1-36-27(35)30-21-13-11-19(12-14-21)23-24(28)33-25(32-23)22(15-17-5-3-2-4-6-17)31-26(34)20-9-7-18(16-29)8-10-20/h2-14,22H,15-16,29H2,1H3,(H,30,35)(H,31,34)(H,32,33)/t22-/m0/s1. The molecule has 0 bridgehead atoms. The molecule has 184 valence electrons. The highest BCUT2D eigenvalue weighted by Crippen LogP contribution is 2.29. The largest absolute Gasteiger partial charge is 0.453 e. The molecule has 0 fully saturated rings. The molecule has 0 aliphatic heterocycles. The summed E-state index contributed by atoms with van der Waals surface area (Å²) in [5.74, 6) is 0.300. The number of carbonyl (C=O) groups is 2. The van der Waals surface area contributed by atoms with Gasteiger partial charge in [-0.2, -0.15) is 0 Å². The van der Waals surface area contributed by atoms with Gasteiger partial charge in [0.2, 0.25) is 0 Å². The zero-order valence-corrected chi connectivity index (χ0v) is 20.4. The number of nitrogens with two attached hydrogens (primary N) is 1. The van der Waals surface area contributed by atoms with Crippen molar-refractivity contribution in [2.45, 2.75) is 19.0 Å². The van der Waals surface area contributed by atoms with E-state index in [0.717, 1.165) is 16.7 Å². The molecule has 4 rings (SSSR count). The number of carbonyl (C=O) groups excluding carboxylic acids is 2. The van der Waals surface area contributed by atoms with Gasteiger partial charge in [0.15, 0.2) is 0 Å². The fourth-order valence-electron chi connectivity index (χ4n) is 3.71. The molecule has 36 heavy (non-hydrogen) atoms. The molecule has 3 aromatic carbocycles. The first-order valence-corrected chi connectivity index (χ1v) is 11.7. The van der Waals surface area contributed by atoms with E-state index in [2.05, 4.69) is 20.4 Å². The van der Waals surface area contributed by atoms with E-state index in [9.17, 15) is 9.59 Å². The Labute approximate surface area is 213 Å². The lowest BCUT2D eigenvalue weighted by Gasteiger charge is -2.17. The number of nitrogens with zero attached hydrogens (tertiary/aromatic N) is 1. The Kier molecular flexibility index (Phi) is 7.99. The van der Waals surface area contributed by atoms with Crippen LogP contribution in [0.1, 0.15) is 33.4 Å². The second-order valence-electron chi connectivity index (χ2n) is 8.10. The van der Waals surface area contributed by atoms with Gasteiger partial charge in [0, 0.05) is 23.4 Å². The minimum absolute atomic E-state index is 0.230. The molecule has 0 saturated heterocycles. The number of anilines is 1. The van der Waals surface area contributed by atoms with Gasteiger partial charge in [0.25, 0.3) is 5.91 Å². The SMILES string of the molecule is COC(=O)Nc1ccc(-c2nc([C@H](Cc3ccccc3)NC(=O)c3ccc(CN)cc3)[nH]c2Cl)cc1. The summed E-state index contributed by atoms with van der Waals surface area (Å²) in [6.07, 6.45) is -0.0429. The lowest BCUT2D eigenvalue weighted by Crippen LogP contribution is -2.30. The average Bonchev–Trinajstić information content (AvgIpc) is 3.30. The summed E-state index contributed by atoms with van der Waals surface area (Å²) >= 11 is 6.53. The summed E-state index contributed by atoms with van der Waals surface area (Å²) in [4.78, 5) is 32.4. The van der Waals surface area contributed by atoms with Crippen LogP contribution in [0.2, 0.25) is 5.15 Å². The number of aromatic amines is 1. The molecular formula is C27H26ClN5O3. The molecule has 1 atom stereocenters. The van der Waals surface area contributed by atoms with Gasteiger partial charge in [-0.15, -0.1) is 0 Å². The van der Waals surface area contributed by atoms with Gasteiger partial charge in [0.05, 0.1) is 13.2 Å². The van der Waals surface area contributed by atoms with E-state index in [0.29, 0.717) is 40.9 Å². The molecule has 2 amide bonds. The first kappa shape index (κ1) is 25.0. The van der Waals surface area contributed by atoms with Gasteiger partial charge in [0.1, 0.15) is 16.7 Å². The van der Waals surface area contributed by atoms with Gasteiger partial charge >= 0.3 is 6.09 Å². The number of amides is 2. The third kappa shape index (κ3) is 6.10. The van der Waals surface area contributed by atoms with Gasteiger partial charge in [-0.3, -0.25) is 10.1 Å². The molecule has 0 spiro atoms. The fourth-order valence-corrected chi connectivity index (χ4v) is 3.95. The second-order valence-corrected chi connectivity index (χ2v) is 8.47. The molecule has 1 aromatic heterocycles. The number of methoxy groups -OCH3 is 1. The van der Waals surface area contributed by atoms with Crippen LogP contribution in [0.4, 0.5) is 10.5 Å². The zero-order valence-electron chi connectivity index (χ0n) is 19.6. The number of ether oxygens (including phenoxy) is 1. The predicted molar refractivity (Wildman–Crippen MR) is 140 cm³/mol. The normalized spacial score (nSPS) is 11.5. The lowest BCUT2D eigenvalue weighted by atomic mass is 10.0. The average molecular weight is 504 g/mol. The Hall–Kier alpha value is -4.14. The van der Waals surface area contributed by atoms with E-state index < -0.39 is 12.1 Å². The van der Waals surface area contributed by atoms with Crippen LogP contribution >= 0.6 is 11.6 Å². The van der Waals surface area contributed by atoms with Crippen molar-refractivity contribution in [2.75, 3.05) is 12.4 Å². The molecule has 8 nitrogen and oxygen atoms in total. The molecular weight excluding hydrogens is 478 g/mol. The van der Waals surface area contributed by atoms with E-state index >= 15 is 0 Å². The Morgan fingerprint density at radius 2 is 1.69 bits per heavy atom. The maximum atomic E-state index is 13.1. The molecule has 0 unspecified atom stereocenters. The van der Waals surface area contributed by atoms with Crippen LogP contribution in [-0.4, -0.2) is 29.1 Å². The minimum Gasteiger partial charge on any atom is -0.453 e. The van der Waals surface area contributed by atoms with Crippen LogP contribution in [0, 0.1) is 0 Å². The van der Waals surface area contributed by atoms with Crippen LogP contribution < -0.4 is 16.4 Å². The van der Waals surface area contributed by atoms with Crippen LogP contribution in [0.3, 0.4) is 0 Å². The number of aromatic nitrogens is 2. The van der Waals surface area contributed by atoms with E-state index in [-0.39, 0.29) is 5.91 Å². The number of H-pyrrole nitrogens is 1. The summed E-state index contributed by atoms with van der Waals surface area (Å²) in [6, 6.07) is 23.6. The minimum atomic E-state index is -0.556. The van der Waals surface area contributed by atoms with Gasteiger partial charge < -0.3 is 20.8 Å². The Morgan fingerprint density at radius 3 is 2.33 bits per heavy atom. The molecule has 1 heterocycles. The predicted octanol–water partition coefficient (Wildman–Crippen LogP) is 5.08. The molecule has 5 N–H and O–H groups in total. The second kappa shape index (κ2) is 11.5. The summed E-state index contributed by atoms with van der Waals surface area (Å²) in [7, 11) is 1.30. The van der Waals surface area contributed by atoms with Crippen molar-refractivity contribution >= 4 is 29.3 Å². The van der Waals surface area contributed by atoms with Crippen molar-refractivity contribution in [1.82, 2.24) is 15.3 Å². The number of benzene rings is 3. The number of rotatable bonds is 8. The highest BCUT2D eigenvalue weighted by atomic mass is 35.5. The van der Waals surface area contributed by atoms with Crippen molar-refractivity contribution < 1.29 is 14.3 Å². The smallest absolute Gasteiger partial charge is 0.411 e. The van der Waals surface area contributed by atoms with Crippen molar-refractivity contribution in [3.05, 3.63) is 107 Å². The number of nitrogens with one attached hydrogen (secondary N) is 3. The molecule has 0 aliphatic rings. The van der Waals surface area contributed by atoms with Gasteiger partial charge in [-0.25, -0.2) is 9.78 Å². The van der Waals surface area contributed by atoms with Crippen molar-refractivity contribution in [1.29, 1.82) is 0 Å². The number of hydrogen-bond acceptors (Lipinski definition) is 5. The topological polar surface area (TPSA) is 122 Å². The summed E-state index contributed by atoms with van der Waals surface area (Å²) < 4.78 is 4.61. The highest BCUT2D eigenvalue weighted by molar-refractivity contribution is 6.31. The highest BCUT2D eigenvalue weighted by Gasteiger charge is 2.22. The summed E-state index contributed by atoms with van der Waals surface area (Å²) in [6.45, 7) is 0.409. The molecule has 0 aliphatic carbocycles. The van der Waals surface area contributed by atoms with E-state index in [1.165, 1.54) is 7.11 Å². The van der Waals surface area contributed by atoms with Crippen molar-refractivity contribution in [3.8, 4) is 11.3 Å². The summed E-state index contributed by atoms with van der Waals surface area (Å²) in [5.41, 5.74) is 10.0. The fraction of sp³-hybridized carbons (Fsp3) is 0.148. The molecule has 9 heteroatoms. The Morgan fingerprint density at radius 1 is 1.00 bits per heavy atom. The summed E-state index contributed by atoms with van der Waals surface area (Å²) in [5, 5.41) is 6.03. The van der Waals surface area contributed by atoms with Gasteiger partial charge in [-0.05, 0) is 41.8 Å². The lowest BCUT2D eigenvalue weighted by molar-refractivity contribution is 0.0934. The van der Waals surface area contributed by atoms with Crippen LogP contribution in [0.5, 0.6) is 0 Å². The van der Waals surface area contributed by atoms with E-state index in [1.54, 1.807) is 36.4 Å².